The van der Waals surface area contributed by atoms with Gasteiger partial charge in [-0.05, 0) is 35.7 Å². The molecule has 0 N–H and O–H groups in total. The number of hydrogen-bond acceptors (Lipinski definition) is 4. The highest BCUT2D eigenvalue weighted by Crippen LogP contribution is 2.40. The minimum Gasteiger partial charge on any atom is -0.455 e. The topological polar surface area (TPSA) is 52.1 Å². The van der Waals surface area contributed by atoms with E-state index in [0.717, 1.165) is 60.6 Å². The predicted octanol–water partition coefficient (Wildman–Crippen LogP) is 6.49. The zero-order chi connectivity index (χ0) is 20.5. The molecule has 0 aliphatic rings. The average molecular weight is 409 g/mol. The van der Waals surface area contributed by atoms with Crippen LogP contribution in [0.25, 0.3) is 55.1 Å². The summed E-state index contributed by atoms with van der Waals surface area (Å²) in [4.78, 5) is 9.33. The number of fused-ring (bicyclic) bond motifs is 7. The highest BCUT2D eigenvalue weighted by atomic mass is 28.3. The molecule has 3 aromatic heterocycles. The van der Waals surface area contributed by atoms with Crippen molar-refractivity contribution >= 4 is 57.4 Å². The summed E-state index contributed by atoms with van der Waals surface area (Å²) in [5.74, 6) is 0. The Morgan fingerprint density at radius 1 is 0.733 bits per heavy atom. The van der Waals surface area contributed by atoms with E-state index in [1.807, 2.05) is 30.5 Å². The Hall–Kier alpha value is -3.44. The van der Waals surface area contributed by atoms with Crippen molar-refractivity contribution in [2.24, 2.45) is 0 Å². The Balaban J connectivity index is 1.75. The monoisotopic (exact) mass is 408 g/mol. The SMILES string of the molecule is C[Si](C)(C)c1nc2ccc3ccc4c5cccc(-c6ccccn6)c5oc4c3c2o1. The first kappa shape index (κ1) is 17.4. The standard InChI is InChI=1S/C25H20N2O2Si/c1-30(2,3)25-27-20-13-11-15-10-12-17-16-7-6-8-18(19-9-4-5-14-26-19)22(16)28-23(17)21(15)24(20)29-25/h4-14H,1-3H3. The third kappa shape index (κ3) is 2.45. The molecule has 30 heavy (non-hydrogen) atoms. The van der Waals surface area contributed by atoms with E-state index in [0.29, 0.717) is 0 Å². The van der Waals surface area contributed by atoms with Gasteiger partial charge < -0.3 is 8.83 Å². The van der Waals surface area contributed by atoms with Crippen LogP contribution in [0, 0.1) is 0 Å². The lowest BCUT2D eigenvalue weighted by atomic mass is 10.0. The predicted molar refractivity (Wildman–Crippen MR) is 125 cm³/mol. The Morgan fingerprint density at radius 3 is 2.37 bits per heavy atom. The van der Waals surface area contributed by atoms with Crippen LogP contribution in [0.5, 0.6) is 0 Å². The van der Waals surface area contributed by atoms with Crippen molar-refractivity contribution in [3.63, 3.8) is 0 Å². The molecule has 3 heterocycles. The van der Waals surface area contributed by atoms with Gasteiger partial charge >= 0.3 is 0 Å². The van der Waals surface area contributed by atoms with Gasteiger partial charge in [0, 0.05) is 22.5 Å². The van der Waals surface area contributed by atoms with Gasteiger partial charge in [0.25, 0.3) is 0 Å². The highest BCUT2D eigenvalue weighted by molar-refractivity contribution is 6.87. The maximum Gasteiger partial charge on any atom is 0.167 e. The molecule has 0 bridgehead atoms. The fraction of sp³-hybridized carbons (Fsp3) is 0.120. The molecule has 0 amide bonds. The zero-order valence-electron chi connectivity index (χ0n) is 17.1. The number of rotatable bonds is 2. The van der Waals surface area contributed by atoms with E-state index in [1.54, 1.807) is 0 Å². The van der Waals surface area contributed by atoms with Gasteiger partial charge in [-0.25, -0.2) is 4.98 Å². The molecule has 3 aromatic carbocycles. The molecule has 0 fully saturated rings. The molecule has 146 valence electrons. The van der Waals surface area contributed by atoms with E-state index in [4.69, 9.17) is 13.8 Å². The van der Waals surface area contributed by atoms with Crippen molar-refractivity contribution < 1.29 is 8.83 Å². The van der Waals surface area contributed by atoms with Crippen molar-refractivity contribution in [2.75, 3.05) is 0 Å². The van der Waals surface area contributed by atoms with Gasteiger partial charge in [-0.15, -0.1) is 0 Å². The Morgan fingerprint density at radius 2 is 1.57 bits per heavy atom. The first-order chi connectivity index (χ1) is 14.5. The maximum atomic E-state index is 6.54. The largest absolute Gasteiger partial charge is 0.455 e. The first-order valence-electron chi connectivity index (χ1n) is 10.1. The number of furan rings is 1. The zero-order valence-corrected chi connectivity index (χ0v) is 18.1. The number of benzene rings is 3. The molecular formula is C25H20N2O2Si. The van der Waals surface area contributed by atoms with E-state index < -0.39 is 8.07 Å². The van der Waals surface area contributed by atoms with Gasteiger partial charge in [0.15, 0.2) is 11.1 Å². The quantitative estimate of drug-likeness (QED) is 0.307. The van der Waals surface area contributed by atoms with Crippen molar-refractivity contribution in [1.82, 2.24) is 9.97 Å². The summed E-state index contributed by atoms with van der Waals surface area (Å²) in [6.07, 6.45) is 1.81. The average Bonchev–Trinajstić information content (AvgIpc) is 3.35. The van der Waals surface area contributed by atoms with Gasteiger partial charge in [0.2, 0.25) is 0 Å². The summed E-state index contributed by atoms with van der Waals surface area (Å²) >= 11 is 0. The van der Waals surface area contributed by atoms with E-state index in [-0.39, 0.29) is 0 Å². The number of para-hydroxylation sites is 1. The third-order valence-corrected chi connectivity index (χ3v) is 7.08. The second kappa shape index (κ2) is 6.03. The summed E-state index contributed by atoms with van der Waals surface area (Å²) in [6, 6.07) is 20.6. The van der Waals surface area contributed by atoms with Crippen LogP contribution in [0.15, 0.2) is 75.7 Å². The van der Waals surface area contributed by atoms with E-state index >= 15 is 0 Å². The molecule has 6 rings (SSSR count). The molecule has 0 unspecified atom stereocenters. The van der Waals surface area contributed by atoms with Crippen molar-refractivity contribution in [3.8, 4) is 11.3 Å². The molecule has 0 aliphatic heterocycles. The molecule has 0 spiro atoms. The van der Waals surface area contributed by atoms with Crippen LogP contribution in [0.1, 0.15) is 0 Å². The Kier molecular flexibility index (Phi) is 3.50. The molecule has 0 saturated carbocycles. The number of hydrogen-bond donors (Lipinski definition) is 0. The third-order valence-electron chi connectivity index (χ3n) is 5.58. The fourth-order valence-corrected chi connectivity index (χ4v) is 4.95. The fourth-order valence-electron chi connectivity index (χ4n) is 4.09. The van der Waals surface area contributed by atoms with E-state index in [1.165, 1.54) is 0 Å². The van der Waals surface area contributed by atoms with E-state index in [9.17, 15) is 0 Å². The molecule has 5 heteroatoms. The minimum absolute atomic E-state index is 0.814. The van der Waals surface area contributed by atoms with Crippen molar-refractivity contribution in [1.29, 1.82) is 0 Å². The number of aromatic nitrogens is 2. The summed E-state index contributed by atoms with van der Waals surface area (Å²) in [6.45, 7) is 6.74. The molecule has 0 saturated heterocycles. The number of oxazole rings is 1. The molecule has 0 aliphatic carbocycles. The van der Waals surface area contributed by atoms with Crippen LogP contribution in [-0.2, 0) is 0 Å². The Labute approximate surface area is 174 Å². The van der Waals surface area contributed by atoms with Crippen molar-refractivity contribution in [2.45, 2.75) is 19.6 Å². The second-order valence-electron chi connectivity index (χ2n) is 8.72. The molecule has 0 radical (unpaired) electrons. The van der Waals surface area contributed by atoms with Crippen LogP contribution < -0.4 is 5.51 Å². The van der Waals surface area contributed by atoms with Crippen molar-refractivity contribution in [3.05, 3.63) is 66.9 Å². The smallest absolute Gasteiger partial charge is 0.167 e. The molecular weight excluding hydrogens is 388 g/mol. The number of nitrogens with zero attached hydrogens (tertiary/aromatic N) is 2. The number of pyridine rings is 1. The van der Waals surface area contributed by atoms with Gasteiger partial charge in [0.1, 0.15) is 24.8 Å². The van der Waals surface area contributed by atoms with Crippen LogP contribution in [-0.4, -0.2) is 18.0 Å². The normalized spacial score (nSPS) is 12.5. The first-order valence-corrected chi connectivity index (χ1v) is 13.6. The summed E-state index contributed by atoms with van der Waals surface area (Å²) < 4.78 is 12.9. The lowest BCUT2D eigenvalue weighted by molar-refractivity contribution is 0.639. The molecule has 0 atom stereocenters. The Bertz CT molecular complexity index is 1570. The van der Waals surface area contributed by atoms with E-state index in [2.05, 4.69) is 61.0 Å². The lowest BCUT2D eigenvalue weighted by Gasteiger charge is -2.08. The van der Waals surface area contributed by atoms with Gasteiger partial charge in [-0.3, -0.25) is 4.98 Å². The van der Waals surface area contributed by atoms with Gasteiger partial charge in [0.05, 0.1) is 11.1 Å². The van der Waals surface area contributed by atoms with Gasteiger partial charge in [-0.2, -0.15) is 0 Å². The summed E-state index contributed by atoms with van der Waals surface area (Å²) in [5.41, 5.74) is 6.15. The summed E-state index contributed by atoms with van der Waals surface area (Å²) in [5, 5.41) is 4.24. The highest BCUT2D eigenvalue weighted by Gasteiger charge is 2.25. The maximum absolute atomic E-state index is 6.54. The van der Waals surface area contributed by atoms with Crippen LogP contribution in [0.2, 0.25) is 19.6 Å². The molecule has 4 nitrogen and oxygen atoms in total. The van der Waals surface area contributed by atoms with Gasteiger partial charge in [-0.1, -0.05) is 50.0 Å². The second-order valence-corrected chi connectivity index (χ2v) is 13.7. The van der Waals surface area contributed by atoms with Crippen LogP contribution in [0.3, 0.4) is 0 Å². The van der Waals surface area contributed by atoms with Crippen LogP contribution >= 0.6 is 0 Å². The minimum atomic E-state index is -1.67. The molecule has 6 aromatic rings. The summed E-state index contributed by atoms with van der Waals surface area (Å²) in [7, 11) is -1.67. The van der Waals surface area contributed by atoms with Crippen LogP contribution in [0.4, 0.5) is 0 Å². The lowest BCUT2D eigenvalue weighted by Crippen LogP contribution is -2.38.